The summed E-state index contributed by atoms with van der Waals surface area (Å²) in [5.41, 5.74) is 1.98. The number of hydrogen-bond acceptors (Lipinski definition) is 1. The molecule has 14 heavy (non-hydrogen) atoms. The van der Waals surface area contributed by atoms with Gasteiger partial charge in [-0.25, -0.2) is 0 Å². The van der Waals surface area contributed by atoms with Crippen LogP contribution in [0.1, 0.15) is 31.2 Å². The van der Waals surface area contributed by atoms with Crippen LogP contribution < -0.4 is 0 Å². The van der Waals surface area contributed by atoms with E-state index in [9.17, 15) is 0 Å². The van der Waals surface area contributed by atoms with Crippen molar-refractivity contribution in [3.63, 3.8) is 0 Å². The van der Waals surface area contributed by atoms with Gasteiger partial charge in [-0.1, -0.05) is 30.3 Å². The van der Waals surface area contributed by atoms with Gasteiger partial charge in [-0.3, -0.25) is 4.90 Å². The number of hydrogen-bond donors (Lipinski definition) is 0. The molecule has 2 fully saturated rings. The molecule has 2 heterocycles. The SMILES string of the molecule is c1ccc(C23CCCN2CCC3)cc1. The molecular formula is C13H17N. The average molecular weight is 187 g/mol. The second-order valence-corrected chi connectivity index (χ2v) is 4.59. The minimum absolute atomic E-state index is 0.432. The topological polar surface area (TPSA) is 3.24 Å². The van der Waals surface area contributed by atoms with Gasteiger partial charge < -0.3 is 0 Å². The largest absolute Gasteiger partial charge is 0.294 e. The maximum absolute atomic E-state index is 2.70. The van der Waals surface area contributed by atoms with E-state index < -0.39 is 0 Å². The molecule has 0 atom stereocenters. The van der Waals surface area contributed by atoms with Crippen molar-refractivity contribution in [3.05, 3.63) is 35.9 Å². The second kappa shape index (κ2) is 3.09. The number of benzene rings is 1. The van der Waals surface area contributed by atoms with Crippen molar-refractivity contribution in [2.75, 3.05) is 13.1 Å². The zero-order valence-electron chi connectivity index (χ0n) is 8.58. The lowest BCUT2D eigenvalue weighted by Crippen LogP contribution is -2.35. The van der Waals surface area contributed by atoms with Crippen LogP contribution in [0.15, 0.2) is 30.3 Å². The van der Waals surface area contributed by atoms with Crippen LogP contribution in [0, 0.1) is 0 Å². The highest BCUT2D eigenvalue weighted by molar-refractivity contribution is 5.27. The molecule has 0 unspecified atom stereocenters. The third kappa shape index (κ3) is 1.05. The van der Waals surface area contributed by atoms with Crippen LogP contribution in [0.3, 0.4) is 0 Å². The first-order chi connectivity index (χ1) is 6.92. The molecular weight excluding hydrogens is 170 g/mol. The van der Waals surface area contributed by atoms with E-state index in [0.29, 0.717) is 5.54 Å². The monoisotopic (exact) mass is 187 g/mol. The van der Waals surface area contributed by atoms with Crippen LogP contribution in [-0.2, 0) is 5.54 Å². The smallest absolute Gasteiger partial charge is 0.0461 e. The summed E-state index contributed by atoms with van der Waals surface area (Å²) in [6.07, 6.45) is 5.51. The highest BCUT2D eigenvalue weighted by Crippen LogP contribution is 2.46. The first kappa shape index (κ1) is 8.49. The Hall–Kier alpha value is -0.820. The van der Waals surface area contributed by atoms with Gasteiger partial charge in [-0.2, -0.15) is 0 Å². The standard InChI is InChI=1S/C13H17N/c1-2-6-12(7-3-1)13-8-4-10-14(13)11-5-9-13/h1-3,6-7H,4-5,8-11H2. The molecule has 1 aromatic rings. The Morgan fingerprint density at radius 1 is 0.929 bits per heavy atom. The molecule has 0 spiro atoms. The van der Waals surface area contributed by atoms with Crippen molar-refractivity contribution in [1.82, 2.24) is 4.90 Å². The third-order valence-electron chi connectivity index (χ3n) is 3.95. The molecule has 2 aliphatic rings. The molecule has 1 nitrogen and oxygen atoms in total. The van der Waals surface area contributed by atoms with E-state index in [2.05, 4.69) is 35.2 Å². The fraction of sp³-hybridized carbons (Fsp3) is 0.538. The molecule has 2 aliphatic heterocycles. The average Bonchev–Trinajstić information content (AvgIpc) is 2.77. The highest BCUT2D eigenvalue weighted by Gasteiger charge is 2.44. The minimum Gasteiger partial charge on any atom is -0.294 e. The number of nitrogens with zero attached hydrogens (tertiary/aromatic N) is 1. The van der Waals surface area contributed by atoms with Gasteiger partial charge in [0.15, 0.2) is 0 Å². The van der Waals surface area contributed by atoms with Crippen molar-refractivity contribution in [1.29, 1.82) is 0 Å². The molecule has 0 radical (unpaired) electrons. The predicted octanol–water partition coefficient (Wildman–Crippen LogP) is 2.77. The van der Waals surface area contributed by atoms with E-state index in [1.165, 1.54) is 38.8 Å². The quantitative estimate of drug-likeness (QED) is 0.653. The normalized spacial score (nSPS) is 25.1. The highest BCUT2D eigenvalue weighted by atomic mass is 15.2. The summed E-state index contributed by atoms with van der Waals surface area (Å²) in [6.45, 7) is 2.63. The number of rotatable bonds is 1. The fourth-order valence-electron chi connectivity index (χ4n) is 3.33. The van der Waals surface area contributed by atoms with Gasteiger partial charge in [0.25, 0.3) is 0 Å². The summed E-state index contributed by atoms with van der Waals surface area (Å²) in [5.74, 6) is 0. The Bertz CT molecular complexity index is 307. The summed E-state index contributed by atoms with van der Waals surface area (Å²) in [4.78, 5) is 2.70. The van der Waals surface area contributed by atoms with Crippen molar-refractivity contribution in [2.45, 2.75) is 31.2 Å². The molecule has 3 rings (SSSR count). The Balaban J connectivity index is 2.03. The maximum Gasteiger partial charge on any atom is 0.0461 e. The molecule has 0 saturated carbocycles. The van der Waals surface area contributed by atoms with E-state index in [0.717, 1.165) is 0 Å². The van der Waals surface area contributed by atoms with Gasteiger partial charge in [0.2, 0.25) is 0 Å². The molecule has 1 aromatic carbocycles. The van der Waals surface area contributed by atoms with E-state index in [1.54, 1.807) is 5.56 Å². The zero-order valence-corrected chi connectivity index (χ0v) is 8.58. The summed E-state index contributed by atoms with van der Waals surface area (Å²) in [5, 5.41) is 0. The summed E-state index contributed by atoms with van der Waals surface area (Å²) in [7, 11) is 0. The summed E-state index contributed by atoms with van der Waals surface area (Å²) in [6, 6.07) is 11.1. The van der Waals surface area contributed by atoms with Crippen LogP contribution in [0.5, 0.6) is 0 Å². The Labute approximate surface area is 85.7 Å². The molecule has 0 N–H and O–H groups in total. The van der Waals surface area contributed by atoms with Crippen molar-refractivity contribution >= 4 is 0 Å². The van der Waals surface area contributed by atoms with E-state index in [4.69, 9.17) is 0 Å². The van der Waals surface area contributed by atoms with Crippen LogP contribution in [0.4, 0.5) is 0 Å². The van der Waals surface area contributed by atoms with Crippen LogP contribution >= 0.6 is 0 Å². The lowest BCUT2D eigenvalue weighted by molar-refractivity contribution is 0.197. The molecule has 0 aromatic heterocycles. The van der Waals surface area contributed by atoms with E-state index in [-0.39, 0.29) is 0 Å². The van der Waals surface area contributed by atoms with Crippen LogP contribution in [0.25, 0.3) is 0 Å². The van der Waals surface area contributed by atoms with Gasteiger partial charge in [-0.05, 0) is 44.3 Å². The zero-order chi connectivity index (χ0) is 9.43. The van der Waals surface area contributed by atoms with Crippen molar-refractivity contribution in [2.24, 2.45) is 0 Å². The van der Waals surface area contributed by atoms with Crippen LogP contribution in [-0.4, -0.2) is 18.0 Å². The lowest BCUT2D eigenvalue weighted by atomic mass is 9.86. The Kier molecular flexibility index (Phi) is 1.88. The molecule has 0 amide bonds. The first-order valence-electron chi connectivity index (χ1n) is 5.72. The molecule has 0 aliphatic carbocycles. The Morgan fingerprint density at radius 3 is 2.21 bits per heavy atom. The molecule has 0 bridgehead atoms. The first-order valence-corrected chi connectivity index (χ1v) is 5.72. The van der Waals surface area contributed by atoms with Gasteiger partial charge in [0, 0.05) is 5.54 Å². The number of fused-ring (bicyclic) bond motifs is 1. The second-order valence-electron chi connectivity index (χ2n) is 4.59. The van der Waals surface area contributed by atoms with E-state index >= 15 is 0 Å². The minimum atomic E-state index is 0.432. The summed E-state index contributed by atoms with van der Waals surface area (Å²) >= 11 is 0. The van der Waals surface area contributed by atoms with Gasteiger partial charge in [0.1, 0.15) is 0 Å². The predicted molar refractivity (Wildman–Crippen MR) is 58.2 cm³/mol. The molecule has 74 valence electrons. The van der Waals surface area contributed by atoms with Crippen molar-refractivity contribution < 1.29 is 0 Å². The van der Waals surface area contributed by atoms with Crippen molar-refractivity contribution in [3.8, 4) is 0 Å². The fourth-order valence-corrected chi connectivity index (χ4v) is 3.33. The molecule has 2 saturated heterocycles. The van der Waals surface area contributed by atoms with Crippen LogP contribution in [0.2, 0.25) is 0 Å². The molecule has 1 heteroatoms. The van der Waals surface area contributed by atoms with Gasteiger partial charge in [0.05, 0.1) is 0 Å². The van der Waals surface area contributed by atoms with Gasteiger partial charge in [-0.15, -0.1) is 0 Å². The lowest BCUT2D eigenvalue weighted by Gasteiger charge is -2.32. The Morgan fingerprint density at radius 2 is 1.57 bits per heavy atom. The summed E-state index contributed by atoms with van der Waals surface area (Å²) < 4.78 is 0. The third-order valence-corrected chi connectivity index (χ3v) is 3.95. The van der Waals surface area contributed by atoms with Gasteiger partial charge >= 0.3 is 0 Å². The maximum atomic E-state index is 2.70. The van der Waals surface area contributed by atoms with E-state index in [1.807, 2.05) is 0 Å².